The standard InChI is InChI=1S/C19H13FN2OS2/c20-15-7-3-1-5-12(15)10-22-11-13(14-6-2-4-8-16(14)22)9-17-18(23)21-19(24)25-17/h1-9,11H,10H2,(H,21,23,24). The van der Waals surface area contributed by atoms with Crippen molar-refractivity contribution >= 4 is 51.2 Å². The molecule has 0 saturated carbocycles. The summed E-state index contributed by atoms with van der Waals surface area (Å²) in [6.07, 6.45) is 3.78. The van der Waals surface area contributed by atoms with Gasteiger partial charge in [-0.25, -0.2) is 4.39 Å². The van der Waals surface area contributed by atoms with Crippen LogP contribution in [0.25, 0.3) is 17.0 Å². The molecule has 25 heavy (non-hydrogen) atoms. The molecule has 0 unspecified atom stereocenters. The van der Waals surface area contributed by atoms with Crippen LogP contribution >= 0.6 is 24.0 Å². The van der Waals surface area contributed by atoms with Crippen molar-refractivity contribution in [2.45, 2.75) is 6.54 Å². The van der Waals surface area contributed by atoms with Crippen LogP contribution in [0.15, 0.2) is 59.6 Å². The van der Waals surface area contributed by atoms with E-state index in [0.29, 0.717) is 21.3 Å². The van der Waals surface area contributed by atoms with Gasteiger partial charge in [0.05, 0.1) is 11.4 Å². The van der Waals surface area contributed by atoms with Crippen LogP contribution in [0.4, 0.5) is 4.39 Å². The number of aromatic nitrogens is 1. The molecule has 2 heterocycles. The van der Waals surface area contributed by atoms with Crippen LogP contribution in [-0.2, 0) is 11.3 Å². The minimum Gasteiger partial charge on any atom is -0.342 e. The molecule has 1 aliphatic rings. The highest BCUT2D eigenvalue weighted by Crippen LogP contribution is 2.30. The molecule has 1 saturated heterocycles. The third kappa shape index (κ3) is 3.10. The van der Waals surface area contributed by atoms with Crippen LogP contribution in [0.5, 0.6) is 0 Å². The minimum absolute atomic E-state index is 0.180. The third-order valence-corrected chi connectivity index (χ3v) is 5.21. The smallest absolute Gasteiger partial charge is 0.263 e. The summed E-state index contributed by atoms with van der Waals surface area (Å²) in [4.78, 5) is 12.5. The maximum atomic E-state index is 14.0. The number of nitrogens with zero attached hydrogens (tertiary/aromatic N) is 1. The predicted molar refractivity (Wildman–Crippen MR) is 104 cm³/mol. The SMILES string of the molecule is O=C1NC(=S)SC1=Cc1cn(Cc2ccccc2F)c2ccccc12. The predicted octanol–water partition coefficient (Wildman–Crippen LogP) is 4.32. The van der Waals surface area contributed by atoms with Gasteiger partial charge in [0.2, 0.25) is 0 Å². The van der Waals surface area contributed by atoms with E-state index in [2.05, 4.69) is 5.32 Å². The lowest BCUT2D eigenvalue weighted by Gasteiger charge is -2.06. The van der Waals surface area contributed by atoms with Crippen molar-refractivity contribution in [3.05, 3.63) is 76.6 Å². The summed E-state index contributed by atoms with van der Waals surface area (Å²) >= 11 is 6.29. The number of thiocarbonyl (C=S) groups is 1. The average molecular weight is 368 g/mol. The Bertz CT molecular complexity index is 1040. The fourth-order valence-electron chi connectivity index (χ4n) is 2.89. The number of benzene rings is 2. The van der Waals surface area contributed by atoms with E-state index in [1.54, 1.807) is 12.1 Å². The van der Waals surface area contributed by atoms with Crippen molar-refractivity contribution in [3.8, 4) is 0 Å². The lowest BCUT2D eigenvalue weighted by molar-refractivity contribution is -0.115. The van der Waals surface area contributed by atoms with Gasteiger partial charge in [0.15, 0.2) is 0 Å². The van der Waals surface area contributed by atoms with Crippen molar-refractivity contribution in [2.24, 2.45) is 0 Å². The molecule has 0 aliphatic carbocycles. The Balaban J connectivity index is 1.79. The highest BCUT2D eigenvalue weighted by Gasteiger charge is 2.22. The Morgan fingerprint density at radius 1 is 1.16 bits per heavy atom. The van der Waals surface area contributed by atoms with Crippen molar-refractivity contribution < 1.29 is 9.18 Å². The summed E-state index contributed by atoms with van der Waals surface area (Å²) in [6.45, 7) is 0.425. The zero-order valence-corrected chi connectivity index (χ0v) is 14.7. The molecular weight excluding hydrogens is 355 g/mol. The van der Waals surface area contributed by atoms with Crippen LogP contribution in [0, 0.1) is 5.82 Å². The number of halogens is 1. The first-order valence-electron chi connectivity index (χ1n) is 7.68. The van der Waals surface area contributed by atoms with E-state index in [9.17, 15) is 9.18 Å². The zero-order valence-electron chi connectivity index (χ0n) is 13.0. The highest BCUT2D eigenvalue weighted by atomic mass is 32.2. The number of carbonyl (C=O) groups is 1. The van der Waals surface area contributed by atoms with E-state index in [1.807, 2.05) is 47.2 Å². The minimum atomic E-state index is -0.226. The first-order chi connectivity index (χ1) is 12.1. The molecule has 0 bridgehead atoms. The number of carbonyl (C=O) groups excluding carboxylic acids is 1. The summed E-state index contributed by atoms with van der Waals surface area (Å²) < 4.78 is 16.5. The van der Waals surface area contributed by atoms with E-state index >= 15 is 0 Å². The van der Waals surface area contributed by atoms with Gasteiger partial charge in [-0.3, -0.25) is 4.79 Å². The van der Waals surface area contributed by atoms with E-state index < -0.39 is 0 Å². The number of hydrogen-bond acceptors (Lipinski definition) is 3. The van der Waals surface area contributed by atoms with E-state index in [-0.39, 0.29) is 11.7 Å². The monoisotopic (exact) mass is 368 g/mol. The lowest BCUT2D eigenvalue weighted by Crippen LogP contribution is -2.17. The highest BCUT2D eigenvalue weighted by molar-refractivity contribution is 8.26. The van der Waals surface area contributed by atoms with E-state index in [4.69, 9.17) is 12.2 Å². The van der Waals surface area contributed by atoms with Crippen molar-refractivity contribution in [1.82, 2.24) is 9.88 Å². The van der Waals surface area contributed by atoms with Gasteiger partial charge in [0, 0.05) is 28.2 Å². The van der Waals surface area contributed by atoms with Gasteiger partial charge < -0.3 is 9.88 Å². The van der Waals surface area contributed by atoms with Crippen molar-refractivity contribution in [1.29, 1.82) is 0 Å². The molecule has 1 aliphatic heterocycles. The van der Waals surface area contributed by atoms with Gasteiger partial charge in [0.25, 0.3) is 5.91 Å². The summed E-state index contributed by atoms with van der Waals surface area (Å²) in [6, 6.07) is 14.6. The lowest BCUT2D eigenvalue weighted by atomic mass is 10.1. The Morgan fingerprint density at radius 2 is 1.92 bits per heavy atom. The van der Waals surface area contributed by atoms with Crippen LogP contribution in [0.3, 0.4) is 0 Å². The van der Waals surface area contributed by atoms with Crippen molar-refractivity contribution in [3.63, 3.8) is 0 Å². The number of nitrogens with one attached hydrogen (secondary N) is 1. The average Bonchev–Trinajstić information content (AvgIpc) is 3.10. The Labute approximate surface area is 153 Å². The molecule has 0 atom stereocenters. The zero-order chi connectivity index (χ0) is 17.4. The molecule has 1 fully saturated rings. The molecule has 4 rings (SSSR count). The summed E-state index contributed by atoms with van der Waals surface area (Å²) in [5, 5.41) is 3.63. The van der Waals surface area contributed by atoms with Gasteiger partial charge in [-0.15, -0.1) is 0 Å². The molecule has 3 aromatic rings. The molecule has 1 aromatic heterocycles. The second kappa shape index (κ2) is 6.46. The molecule has 124 valence electrons. The number of amides is 1. The second-order valence-electron chi connectivity index (χ2n) is 5.67. The van der Waals surface area contributed by atoms with Gasteiger partial charge >= 0.3 is 0 Å². The first-order valence-corrected chi connectivity index (χ1v) is 8.90. The Kier molecular flexibility index (Phi) is 4.15. The van der Waals surface area contributed by atoms with Crippen LogP contribution in [0.1, 0.15) is 11.1 Å². The van der Waals surface area contributed by atoms with Gasteiger partial charge in [0.1, 0.15) is 10.1 Å². The fourth-order valence-corrected chi connectivity index (χ4v) is 3.93. The van der Waals surface area contributed by atoms with Crippen LogP contribution in [-0.4, -0.2) is 14.8 Å². The molecule has 1 N–H and O–H groups in total. The van der Waals surface area contributed by atoms with Gasteiger partial charge in [-0.1, -0.05) is 60.4 Å². The first kappa shape index (κ1) is 16.1. The summed E-state index contributed by atoms with van der Waals surface area (Å²) in [7, 11) is 0. The maximum absolute atomic E-state index is 14.0. The molecule has 0 spiro atoms. The normalized spacial score (nSPS) is 16.0. The largest absolute Gasteiger partial charge is 0.342 e. The summed E-state index contributed by atoms with van der Waals surface area (Å²) in [5.41, 5.74) is 2.52. The second-order valence-corrected chi connectivity index (χ2v) is 7.39. The summed E-state index contributed by atoms with van der Waals surface area (Å²) in [5.74, 6) is -0.405. The van der Waals surface area contributed by atoms with Gasteiger partial charge in [-0.05, 0) is 18.2 Å². The van der Waals surface area contributed by atoms with E-state index in [1.165, 1.54) is 17.8 Å². The van der Waals surface area contributed by atoms with Crippen LogP contribution in [0.2, 0.25) is 0 Å². The molecule has 6 heteroatoms. The number of rotatable bonds is 3. The topological polar surface area (TPSA) is 34.0 Å². The van der Waals surface area contributed by atoms with Crippen LogP contribution < -0.4 is 5.32 Å². The number of hydrogen-bond donors (Lipinski definition) is 1. The third-order valence-electron chi connectivity index (χ3n) is 4.05. The van der Waals surface area contributed by atoms with Gasteiger partial charge in [-0.2, -0.15) is 0 Å². The Morgan fingerprint density at radius 3 is 2.68 bits per heavy atom. The number of para-hydroxylation sites is 1. The molecule has 2 aromatic carbocycles. The number of fused-ring (bicyclic) bond motifs is 1. The molecule has 3 nitrogen and oxygen atoms in total. The van der Waals surface area contributed by atoms with E-state index in [0.717, 1.165) is 16.5 Å². The molecular formula is C19H13FN2OS2. The number of thioether (sulfide) groups is 1. The quantitative estimate of drug-likeness (QED) is 0.552. The fraction of sp³-hybridized carbons (Fsp3) is 0.0526. The molecule has 1 amide bonds. The molecule has 0 radical (unpaired) electrons. The van der Waals surface area contributed by atoms with Crippen molar-refractivity contribution in [2.75, 3.05) is 0 Å². The maximum Gasteiger partial charge on any atom is 0.263 e. The Hall–Kier alpha value is -2.44.